The Kier molecular flexibility index (Phi) is 8.17. The van der Waals surface area contributed by atoms with Gasteiger partial charge in [-0.15, -0.1) is 0 Å². The molecule has 0 aliphatic heterocycles. The van der Waals surface area contributed by atoms with Crippen molar-refractivity contribution in [3.05, 3.63) is 181 Å². The Morgan fingerprint density at radius 3 is 1.04 bits per heavy atom. The normalized spacial score (nSPS) is 19.1. The summed E-state index contributed by atoms with van der Waals surface area (Å²) in [5.74, 6) is -1.94. The molecule has 0 saturated heterocycles. The molecule has 7 rings (SSSR count). The van der Waals surface area contributed by atoms with Crippen LogP contribution in [0.1, 0.15) is 23.0 Å². The molecule has 1 aliphatic carbocycles. The average Bonchev–Trinajstić information content (AvgIpc) is 3.34. The highest BCUT2D eigenvalue weighted by atomic mass is 16.3. The second-order valence-corrected chi connectivity index (χ2v) is 11.5. The molecule has 6 aromatic rings. The van der Waals surface area contributed by atoms with E-state index >= 15 is 0 Å². The third kappa shape index (κ3) is 5.58. The third-order valence-electron chi connectivity index (χ3n) is 8.75. The maximum absolute atomic E-state index is 13.5. The lowest BCUT2D eigenvalue weighted by atomic mass is 9.89. The summed E-state index contributed by atoms with van der Waals surface area (Å²) in [6, 6.07) is 55.9. The summed E-state index contributed by atoms with van der Waals surface area (Å²) in [7, 11) is 0. The van der Waals surface area contributed by atoms with Gasteiger partial charge in [-0.1, -0.05) is 97.1 Å². The van der Waals surface area contributed by atoms with Crippen LogP contribution < -0.4 is 9.80 Å². The highest BCUT2D eigenvalue weighted by Gasteiger charge is 2.49. The molecule has 1 aliphatic rings. The number of aliphatic hydroxyl groups is 2. The van der Waals surface area contributed by atoms with Crippen LogP contribution in [0.25, 0.3) is 0 Å². The van der Waals surface area contributed by atoms with Crippen LogP contribution in [0.2, 0.25) is 0 Å². The van der Waals surface area contributed by atoms with E-state index in [0.29, 0.717) is 5.56 Å². The molecule has 0 heterocycles. The van der Waals surface area contributed by atoms with E-state index < -0.39 is 24.0 Å². The summed E-state index contributed by atoms with van der Waals surface area (Å²) in [4.78, 5) is 17.8. The molecule has 0 bridgehead atoms. The molecule has 4 unspecified atom stereocenters. The molecule has 4 atom stereocenters. The van der Waals surface area contributed by atoms with Gasteiger partial charge in [-0.2, -0.15) is 0 Å². The third-order valence-corrected chi connectivity index (χ3v) is 8.75. The van der Waals surface area contributed by atoms with Crippen molar-refractivity contribution in [1.82, 2.24) is 0 Å². The smallest absolute Gasteiger partial charge is 0.172 e. The minimum Gasteiger partial charge on any atom is -0.391 e. The minimum absolute atomic E-state index is 0.368. The van der Waals surface area contributed by atoms with Crippen molar-refractivity contribution in [3.8, 4) is 0 Å². The number of para-hydroxylation sites is 4. The molecule has 46 heavy (non-hydrogen) atoms. The molecule has 6 aromatic carbocycles. The first-order valence-electron chi connectivity index (χ1n) is 15.5. The van der Waals surface area contributed by atoms with E-state index in [-0.39, 0.29) is 5.78 Å². The molecular formula is C41H34N2O3. The number of anilines is 6. The standard InChI is InChI=1S/C41H34N2O3/c44-39-37(29-21-25-35(26-22-29)42(31-13-5-1-6-14-31)32-15-7-2-8-16-32)40(45)41(46)38(39)30-23-27-36(28-24-30)43(33-17-9-3-10-18-33)34-19-11-4-12-20-34/h1-28,37-40,44-45H. The summed E-state index contributed by atoms with van der Waals surface area (Å²) in [5.41, 5.74) is 7.30. The number of hydrogen-bond donors (Lipinski definition) is 2. The van der Waals surface area contributed by atoms with Crippen LogP contribution in [0, 0.1) is 0 Å². The lowest BCUT2D eigenvalue weighted by Gasteiger charge is -2.27. The Balaban J connectivity index is 1.16. The highest BCUT2D eigenvalue weighted by molar-refractivity contribution is 5.94. The SMILES string of the molecule is O=C1C(O)C(c2ccc(N(c3ccccc3)c3ccccc3)cc2)C(O)C1c1ccc(N(c2ccccc2)c2ccccc2)cc1. The molecule has 0 aromatic heterocycles. The predicted octanol–water partition coefficient (Wildman–Crippen LogP) is 8.80. The number of carbonyl (C=O) groups is 1. The van der Waals surface area contributed by atoms with E-state index in [9.17, 15) is 15.0 Å². The fourth-order valence-electron chi connectivity index (χ4n) is 6.54. The monoisotopic (exact) mass is 602 g/mol. The van der Waals surface area contributed by atoms with Crippen molar-refractivity contribution in [3.63, 3.8) is 0 Å². The molecular weight excluding hydrogens is 568 g/mol. The van der Waals surface area contributed by atoms with Gasteiger partial charge in [0.1, 0.15) is 6.10 Å². The van der Waals surface area contributed by atoms with Crippen LogP contribution in [0.5, 0.6) is 0 Å². The number of ketones is 1. The number of hydrogen-bond acceptors (Lipinski definition) is 5. The Labute approximate surface area is 269 Å². The number of benzene rings is 6. The van der Waals surface area contributed by atoms with Crippen LogP contribution in [0.15, 0.2) is 170 Å². The first-order chi connectivity index (χ1) is 22.6. The maximum atomic E-state index is 13.5. The highest BCUT2D eigenvalue weighted by Crippen LogP contribution is 2.44. The van der Waals surface area contributed by atoms with Crippen LogP contribution in [-0.4, -0.2) is 28.2 Å². The summed E-state index contributed by atoms with van der Waals surface area (Å²) in [5, 5.41) is 22.7. The van der Waals surface area contributed by atoms with Gasteiger partial charge >= 0.3 is 0 Å². The van der Waals surface area contributed by atoms with E-state index in [4.69, 9.17) is 0 Å². The van der Waals surface area contributed by atoms with Crippen molar-refractivity contribution < 1.29 is 15.0 Å². The topological polar surface area (TPSA) is 64.0 Å². The molecule has 0 spiro atoms. The van der Waals surface area contributed by atoms with Crippen molar-refractivity contribution in [1.29, 1.82) is 0 Å². The van der Waals surface area contributed by atoms with Gasteiger partial charge in [0.25, 0.3) is 0 Å². The second-order valence-electron chi connectivity index (χ2n) is 11.5. The zero-order chi connectivity index (χ0) is 31.5. The molecule has 2 N–H and O–H groups in total. The van der Waals surface area contributed by atoms with Gasteiger partial charge in [0.05, 0.1) is 12.0 Å². The molecule has 1 fully saturated rings. The first kappa shape index (κ1) is 29.2. The van der Waals surface area contributed by atoms with E-state index in [1.54, 1.807) is 0 Å². The van der Waals surface area contributed by atoms with Crippen LogP contribution in [-0.2, 0) is 4.79 Å². The van der Waals surface area contributed by atoms with Gasteiger partial charge in [-0.3, -0.25) is 4.79 Å². The number of nitrogens with zero attached hydrogens (tertiary/aromatic N) is 2. The molecule has 5 heteroatoms. The fraction of sp³-hybridized carbons (Fsp3) is 0.0976. The Morgan fingerprint density at radius 1 is 0.391 bits per heavy atom. The van der Waals surface area contributed by atoms with Crippen LogP contribution >= 0.6 is 0 Å². The summed E-state index contributed by atoms with van der Waals surface area (Å²) in [6.45, 7) is 0. The van der Waals surface area contributed by atoms with Gasteiger partial charge in [-0.25, -0.2) is 0 Å². The predicted molar refractivity (Wildman–Crippen MR) is 185 cm³/mol. The van der Waals surface area contributed by atoms with Gasteiger partial charge in [0.15, 0.2) is 5.78 Å². The molecule has 0 amide bonds. The lowest BCUT2D eigenvalue weighted by molar-refractivity contribution is -0.126. The number of Topliss-reactive ketones (excluding diaryl/α,β-unsaturated/α-hetero) is 1. The molecule has 0 radical (unpaired) electrons. The van der Waals surface area contributed by atoms with Crippen molar-refractivity contribution in [2.75, 3.05) is 9.80 Å². The molecule has 1 saturated carbocycles. The van der Waals surface area contributed by atoms with Gasteiger partial charge in [0, 0.05) is 40.0 Å². The van der Waals surface area contributed by atoms with Crippen LogP contribution in [0.4, 0.5) is 34.1 Å². The zero-order valence-electron chi connectivity index (χ0n) is 25.2. The van der Waals surface area contributed by atoms with Crippen LogP contribution in [0.3, 0.4) is 0 Å². The molecule has 226 valence electrons. The Hall–Kier alpha value is -5.49. The fourth-order valence-corrected chi connectivity index (χ4v) is 6.54. The maximum Gasteiger partial charge on any atom is 0.172 e. The van der Waals surface area contributed by atoms with E-state index in [2.05, 4.69) is 58.3 Å². The van der Waals surface area contributed by atoms with E-state index in [1.165, 1.54) is 0 Å². The van der Waals surface area contributed by atoms with Crippen molar-refractivity contribution in [2.45, 2.75) is 24.0 Å². The largest absolute Gasteiger partial charge is 0.391 e. The summed E-state index contributed by atoms with van der Waals surface area (Å²) in [6.07, 6.45) is -2.38. The first-order valence-corrected chi connectivity index (χ1v) is 15.5. The Morgan fingerprint density at radius 2 is 0.696 bits per heavy atom. The van der Waals surface area contributed by atoms with Gasteiger partial charge in [0.2, 0.25) is 0 Å². The zero-order valence-corrected chi connectivity index (χ0v) is 25.2. The Bertz CT molecular complexity index is 1800. The summed E-state index contributed by atoms with van der Waals surface area (Å²) < 4.78 is 0. The van der Waals surface area contributed by atoms with Crippen molar-refractivity contribution in [2.24, 2.45) is 0 Å². The number of carbonyl (C=O) groups excluding carboxylic acids is 1. The number of rotatable bonds is 8. The van der Waals surface area contributed by atoms with Gasteiger partial charge in [-0.05, 0) is 83.9 Å². The van der Waals surface area contributed by atoms with Gasteiger partial charge < -0.3 is 20.0 Å². The number of aliphatic hydroxyl groups excluding tert-OH is 2. The molecule has 5 nitrogen and oxygen atoms in total. The minimum atomic E-state index is -1.31. The summed E-state index contributed by atoms with van der Waals surface area (Å²) >= 11 is 0. The van der Waals surface area contributed by atoms with E-state index in [0.717, 1.165) is 39.7 Å². The van der Waals surface area contributed by atoms with Crippen molar-refractivity contribution >= 4 is 39.9 Å². The second kappa shape index (κ2) is 12.9. The van der Waals surface area contributed by atoms with E-state index in [1.807, 2.05) is 121 Å². The lowest BCUT2D eigenvalue weighted by Crippen LogP contribution is -2.23. The average molecular weight is 603 g/mol. The quantitative estimate of drug-likeness (QED) is 0.182.